The lowest BCUT2D eigenvalue weighted by Gasteiger charge is -2.28. The molecule has 2 aromatic carbocycles. The number of carbonyl (C=O) groups is 2. The van der Waals surface area contributed by atoms with E-state index in [0.29, 0.717) is 10.7 Å². The zero-order chi connectivity index (χ0) is 20.6. The predicted molar refractivity (Wildman–Crippen MR) is 116 cm³/mol. The van der Waals surface area contributed by atoms with Crippen molar-refractivity contribution in [3.63, 3.8) is 0 Å². The molecule has 8 heteroatoms. The van der Waals surface area contributed by atoms with Gasteiger partial charge in [-0.25, -0.2) is 0 Å². The number of ether oxygens (including phenoxy) is 1. The molecule has 2 N–H and O–H groups in total. The highest BCUT2D eigenvalue weighted by atomic mass is 35.5. The van der Waals surface area contributed by atoms with Gasteiger partial charge in [-0.05, 0) is 43.4 Å². The maximum atomic E-state index is 12.3. The van der Waals surface area contributed by atoms with Crippen molar-refractivity contribution in [2.45, 2.75) is 0 Å². The molecule has 0 radical (unpaired) electrons. The van der Waals surface area contributed by atoms with E-state index in [4.69, 9.17) is 16.3 Å². The Kier molecular flexibility index (Phi) is 7.46. The van der Waals surface area contributed by atoms with E-state index < -0.39 is 0 Å². The molecule has 1 aliphatic rings. The zero-order valence-corrected chi connectivity index (χ0v) is 17.1. The number of carbonyl (C=O) groups excluding carboxylic acids is 2. The Morgan fingerprint density at radius 3 is 2.28 bits per heavy atom. The van der Waals surface area contributed by atoms with Gasteiger partial charge in [0.2, 0.25) is 11.8 Å². The molecular formula is C21H25ClN4O3. The summed E-state index contributed by atoms with van der Waals surface area (Å²) in [7, 11) is 1.72. The van der Waals surface area contributed by atoms with Crippen LogP contribution >= 0.6 is 11.6 Å². The fourth-order valence-electron chi connectivity index (χ4n) is 3.08. The van der Waals surface area contributed by atoms with Crippen LogP contribution in [0.1, 0.15) is 0 Å². The molecule has 1 saturated heterocycles. The monoisotopic (exact) mass is 416 g/mol. The minimum atomic E-state index is -0.233. The molecule has 0 atom stereocenters. The number of nitrogens with one attached hydrogen (secondary N) is 2. The van der Waals surface area contributed by atoms with Crippen LogP contribution in [0.25, 0.3) is 0 Å². The van der Waals surface area contributed by atoms with Gasteiger partial charge in [0.05, 0.1) is 37.0 Å². The van der Waals surface area contributed by atoms with E-state index in [1.807, 2.05) is 24.3 Å². The van der Waals surface area contributed by atoms with Gasteiger partial charge in [-0.15, -0.1) is 0 Å². The third-order valence-electron chi connectivity index (χ3n) is 4.50. The Balaban J connectivity index is 1.44. The number of morpholine rings is 1. The highest BCUT2D eigenvalue weighted by Crippen LogP contribution is 2.20. The Hall–Kier alpha value is -2.61. The lowest BCUT2D eigenvalue weighted by Crippen LogP contribution is -2.36. The second-order valence-electron chi connectivity index (χ2n) is 6.89. The van der Waals surface area contributed by atoms with Crippen LogP contribution in [0.2, 0.25) is 5.02 Å². The summed E-state index contributed by atoms with van der Waals surface area (Å²) in [5, 5.41) is 6.08. The molecule has 29 heavy (non-hydrogen) atoms. The molecule has 0 saturated carbocycles. The first-order valence-corrected chi connectivity index (χ1v) is 9.84. The lowest BCUT2D eigenvalue weighted by atomic mass is 10.2. The molecule has 7 nitrogen and oxygen atoms in total. The van der Waals surface area contributed by atoms with Crippen molar-refractivity contribution in [1.29, 1.82) is 0 Å². The highest BCUT2D eigenvalue weighted by molar-refractivity contribution is 6.33. The second kappa shape index (κ2) is 10.2. The Labute approximate surface area is 175 Å². The molecule has 2 aromatic rings. The average molecular weight is 417 g/mol. The molecule has 1 aliphatic heterocycles. The number of hydrogen-bond donors (Lipinski definition) is 2. The van der Waals surface area contributed by atoms with Crippen molar-refractivity contribution >= 4 is 40.5 Å². The maximum absolute atomic E-state index is 12.3. The summed E-state index contributed by atoms with van der Waals surface area (Å²) >= 11 is 6.04. The zero-order valence-electron chi connectivity index (χ0n) is 16.4. The quantitative estimate of drug-likeness (QED) is 0.726. The third kappa shape index (κ3) is 6.45. The lowest BCUT2D eigenvalue weighted by molar-refractivity contribution is -0.119. The highest BCUT2D eigenvalue weighted by Gasteiger charge is 2.13. The van der Waals surface area contributed by atoms with Crippen molar-refractivity contribution < 1.29 is 14.3 Å². The van der Waals surface area contributed by atoms with E-state index in [0.717, 1.165) is 37.7 Å². The van der Waals surface area contributed by atoms with E-state index >= 15 is 0 Å². The van der Waals surface area contributed by atoms with Gasteiger partial charge in [0.1, 0.15) is 0 Å². The summed E-state index contributed by atoms with van der Waals surface area (Å²) in [6.07, 6.45) is 0. The fourth-order valence-corrected chi connectivity index (χ4v) is 3.26. The SMILES string of the molecule is CN(CC(=O)Nc1ccc(N2CCOCC2)cc1)CC(=O)Nc1ccccc1Cl. The van der Waals surface area contributed by atoms with E-state index in [-0.39, 0.29) is 24.9 Å². The molecule has 2 amide bonds. The van der Waals surface area contributed by atoms with Crippen LogP contribution in [0.3, 0.4) is 0 Å². The smallest absolute Gasteiger partial charge is 0.238 e. The summed E-state index contributed by atoms with van der Waals surface area (Å²) in [4.78, 5) is 28.3. The Morgan fingerprint density at radius 1 is 1.00 bits per heavy atom. The minimum Gasteiger partial charge on any atom is -0.378 e. The first-order chi connectivity index (χ1) is 14.0. The summed E-state index contributed by atoms with van der Waals surface area (Å²) in [6, 6.07) is 14.8. The molecule has 1 heterocycles. The average Bonchev–Trinajstić information content (AvgIpc) is 2.70. The molecule has 154 valence electrons. The topological polar surface area (TPSA) is 73.9 Å². The number of halogens is 1. The Bertz CT molecular complexity index is 838. The van der Waals surface area contributed by atoms with Crippen molar-refractivity contribution in [1.82, 2.24) is 4.90 Å². The van der Waals surface area contributed by atoms with Gasteiger partial charge >= 0.3 is 0 Å². The number of amides is 2. The van der Waals surface area contributed by atoms with Gasteiger partial charge in [0.25, 0.3) is 0 Å². The standard InChI is InChI=1S/C21H25ClN4O3/c1-25(15-21(28)24-19-5-3-2-4-18(19)22)14-20(27)23-16-6-8-17(9-7-16)26-10-12-29-13-11-26/h2-9H,10-15H2,1H3,(H,23,27)(H,24,28). The van der Waals surface area contributed by atoms with Gasteiger partial charge in [0.15, 0.2) is 0 Å². The molecule has 0 unspecified atom stereocenters. The van der Waals surface area contributed by atoms with Crippen LogP contribution in [0.15, 0.2) is 48.5 Å². The van der Waals surface area contributed by atoms with Gasteiger partial charge in [0, 0.05) is 24.5 Å². The number of benzene rings is 2. The summed E-state index contributed by atoms with van der Waals surface area (Å²) in [5.74, 6) is -0.416. The van der Waals surface area contributed by atoms with Crippen LogP contribution in [0.5, 0.6) is 0 Å². The van der Waals surface area contributed by atoms with Crippen molar-refractivity contribution in [2.24, 2.45) is 0 Å². The molecule has 0 spiro atoms. The van der Waals surface area contributed by atoms with Gasteiger partial charge < -0.3 is 20.3 Å². The van der Waals surface area contributed by atoms with Crippen molar-refractivity contribution in [2.75, 3.05) is 62.0 Å². The largest absolute Gasteiger partial charge is 0.378 e. The van der Waals surface area contributed by atoms with E-state index in [1.54, 1.807) is 36.2 Å². The number of nitrogens with zero attached hydrogens (tertiary/aromatic N) is 2. The first kappa shape index (κ1) is 21.1. The van der Waals surface area contributed by atoms with Crippen LogP contribution in [-0.4, -0.2) is 63.2 Å². The molecule has 0 aliphatic carbocycles. The number of rotatable bonds is 7. The molecule has 3 rings (SSSR count). The summed E-state index contributed by atoms with van der Waals surface area (Å²) < 4.78 is 5.36. The Morgan fingerprint density at radius 2 is 1.62 bits per heavy atom. The molecule has 1 fully saturated rings. The van der Waals surface area contributed by atoms with Crippen molar-refractivity contribution in [3.8, 4) is 0 Å². The second-order valence-corrected chi connectivity index (χ2v) is 7.30. The van der Waals surface area contributed by atoms with Gasteiger partial charge in [-0.2, -0.15) is 0 Å². The number of likely N-dealkylation sites (N-methyl/N-ethyl adjacent to an activating group) is 1. The number of para-hydroxylation sites is 1. The van der Waals surface area contributed by atoms with Gasteiger partial charge in [-0.1, -0.05) is 23.7 Å². The number of hydrogen-bond acceptors (Lipinski definition) is 5. The van der Waals surface area contributed by atoms with Crippen LogP contribution in [0, 0.1) is 0 Å². The van der Waals surface area contributed by atoms with Crippen LogP contribution in [-0.2, 0) is 14.3 Å². The fraction of sp³-hybridized carbons (Fsp3) is 0.333. The number of anilines is 3. The van der Waals surface area contributed by atoms with E-state index in [1.165, 1.54) is 0 Å². The predicted octanol–water partition coefficient (Wildman–Crippen LogP) is 2.69. The third-order valence-corrected chi connectivity index (χ3v) is 4.83. The first-order valence-electron chi connectivity index (χ1n) is 9.47. The summed E-state index contributed by atoms with van der Waals surface area (Å²) in [5.41, 5.74) is 2.39. The molecule has 0 bridgehead atoms. The van der Waals surface area contributed by atoms with Crippen LogP contribution < -0.4 is 15.5 Å². The van der Waals surface area contributed by atoms with Crippen molar-refractivity contribution in [3.05, 3.63) is 53.6 Å². The summed E-state index contributed by atoms with van der Waals surface area (Å²) in [6.45, 7) is 3.37. The molecule has 0 aromatic heterocycles. The normalized spacial score (nSPS) is 14.0. The minimum absolute atomic E-state index is 0.0780. The molecular weight excluding hydrogens is 392 g/mol. The maximum Gasteiger partial charge on any atom is 0.238 e. The van der Waals surface area contributed by atoms with E-state index in [2.05, 4.69) is 15.5 Å². The van der Waals surface area contributed by atoms with Crippen LogP contribution in [0.4, 0.5) is 17.1 Å². The van der Waals surface area contributed by atoms with Gasteiger partial charge in [-0.3, -0.25) is 14.5 Å². The van der Waals surface area contributed by atoms with E-state index in [9.17, 15) is 9.59 Å².